The second-order valence-corrected chi connectivity index (χ2v) is 6.37. The van der Waals surface area contributed by atoms with Crippen molar-refractivity contribution < 1.29 is 37.4 Å². The second-order valence-electron chi connectivity index (χ2n) is 4.66. The number of hydrogen-bond donors (Lipinski definition) is 4. The molecule has 2 heterocycles. The summed E-state index contributed by atoms with van der Waals surface area (Å²) in [6.07, 6.45) is -5.26. The molecule has 1 aromatic heterocycles. The highest BCUT2D eigenvalue weighted by atomic mass is 31.2. The SMILES string of the molecule is Nc1nc(=O)n([C@@H]2O[C@H](C(O)P(=O)(O)O)CC2(F)F)cc1F. The first-order valence-electron chi connectivity index (χ1n) is 5.74. The summed E-state index contributed by atoms with van der Waals surface area (Å²) in [5, 5.41) is 9.33. The average molecular weight is 345 g/mol. The minimum atomic E-state index is -5.11. The van der Waals surface area contributed by atoms with Crippen LogP contribution in [0.2, 0.25) is 0 Å². The van der Waals surface area contributed by atoms with E-state index < -0.39 is 55.4 Å². The number of nitrogen functional groups attached to an aromatic ring is 1. The molecule has 3 atom stereocenters. The smallest absolute Gasteiger partial charge is 0.356 e. The summed E-state index contributed by atoms with van der Waals surface area (Å²) < 4.78 is 56.7. The monoisotopic (exact) mass is 345 g/mol. The van der Waals surface area contributed by atoms with E-state index >= 15 is 0 Å². The first-order valence-corrected chi connectivity index (χ1v) is 7.42. The van der Waals surface area contributed by atoms with E-state index in [1.165, 1.54) is 0 Å². The van der Waals surface area contributed by atoms with Crippen LogP contribution in [0.25, 0.3) is 0 Å². The van der Waals surface area contributed by atoms with Crippen LogP contribution in [-0.2, 0) is 9.30 Å². The molecule has 0 radical (unpaired) electrons. The van der Waals surface area contributed by atoms with Gasteiger partial charge < -0.3 is 25.4 Å². The predicted octanol–water partition coefficient (Wildman–Crippen LogP) is -0.616. The first-order chi connectivity index (χ1) is 9.93. The van der Waals surface area contributed by atoms with Gasteiger partial charge in [0.2, 0.25) is 6.23 Å². The summed E-state index contributed by atoms with van der Waals surface area (Å²) in [5.74, 6) is -8.35. The van der Waals surface area contributed by atoms with Crippen molar-refractivity contribution in [3.05, 3.63) is 22.5 Å². The van der Waals surface area contributed by atoms with E-state index in [-0.39, 0.29) is 4.57 Å². The first kappa shape index (κ1) is 16.9. The molecule has 0 amide bonds. The number of ether oxygens (including phenoxy) is 1. The Morgan fingerprint density at radius 3 is 2.68 bits per heavy atom. The van der Waals surface area contributed by atoms with Gasteiger partial charge in [-0.2, -0.15) is 4.98 Å². The Labute approximate surface area is 120 Å². The molecule has 0 aliphatic carbocycles. The summed E-state index contributed by atoms with van der Waals surface area (Å²) >= 11 is 0. The van der Waals surface area contributed by atoms with Gasteiger partial charge in [-0.05, 0) is 0 Å². The van der Waals surface area contributed by atoms with E-state index in [0.717, 1.165) is 0 Å². The minimum Gasteiger partial charge on any atom is -0.381 e. The molecule has 124 valence electrons. The van der Waals surface area contributed by atoms with Crippen molar-refractivity contribution in [1.29, 1.82) is 0 Å². The highest BCUT2D eigenvalue weighted by Crippen LogP contribution is 2.50. The van der Waals surface area contributed by atoms with Crippen molar-refractivity contribution in [2.45, 2.75) is 30.5 Å². The van der Waals surface area contributed by atoms with Gasteiger partial charge in [-0.1, -0.05) is 0 Å². The third kappa shape index (κ3) is 3.01. The van der Waals surface area contributed by atoms with Crippen LogP contribution in [0.15, 0.2) is 11.0 Å². The number of anilines is 1. The van der Waals surface area contributed by atoms with Crippen molar-refractivity contribution >= 4 is 13.4 Å². The number of hydrogen-bond acceptors (Lipinski definition) is 6. The molecule has 0 spiro atoms. The van der Waals surface area contributed by atoms with Gasteiger partial charge in [0, 0.05) is 6.42 Å². The number of nitrogens with two attached hydrogens (primary N) is 1. The molecule has 22 heavy (non-hydrogen) atoms. The number of nitrogens with zero attached hydrogens (tertiary/aromatic N) is 2. The molecule has 1 fully saturated rings. The second kappa shape index (κ2) is 5.32. The molecule has 0 bridgehead atoms. The highest BCUT2D eigenvalue weighted by molar-refractivity contribution is 7.52. The molecule has 1 saturated heterocycles. The lowest BCUT2D eigenvalue weighted by Gasteiger charge is -2.21. The Morgan fingerprint density at radius 2 is 2.14 bits per heavy atom. The van der Waals surface area contributed by atoms with Gasteiger partial charge in [-0.3, -0.25) is 9.13 Å². The van der Waals surface area contributed by atoms with Crippen LogP contribution >= 0.6 is 7.60 Å². The number of alkyl halides is 2. The van der Waals surface area contributed by atoms with E-state index in [2.05, 4.69) is 9.72 Å². The third-order valence-corrected chi connectivity index (χ3v) is 4.02. The molecule has 9 nitrogen and oxygen atoms in total. The molecule has 1 aliphatic heterocycles. The zero-order valence-corrected chi connectivity index (χ0v) is 11.5. The fourth-order valence-electron chi connectivity index (χ4n) is 1.97. The molecule has 5 N–H and O–H groups in total. The third-order valence-electron chi connectivity index (χ3n) is 3.00. The van der Waals surface area contributed by atoms with Crippen LogP contribution in [0, 0.1) is 5.82 Å². The molecule has 1 aromatic rings. The maximum atomic E-state index is 13.9. The predicted molar refractivity (Wildman–Crippen MR) is 64.4 cm³/mol. The summed E-state index contributed by atoms with van der Waals surface area (Å²) in [7, 11) is -5.11. The van der Waals surface area contributed by atoms with E-state index in [9.17, 15) is 27.6 Å². The Kier molecular flexibility index (Phi) is 4.09. The molecular formula is C9H11F3N3O6P. The lowest BCUT2D eigenvalue weighted by atomic mass is 10.2. The van der Waals surface area contributed by atoms with Crippen molar-refractivity contribution in [1.82, 2.24) is 9.55 Å². The van der Waals surface area contributed by atoms with Gasteiger partial charge in [-0.25, -0.2) is 18.0 Å². The zero-order valence-electron chi connectivity index (χ0n) is 10.6. The lowest BCUT2D eigenvalue weighted by molar-refractivity contribution is -0.123. The number of aliphatic hydroxyl groups is 1. The van der Waals surface area contributed by atoms with Crippen LogP contribution < -0.4 is 11.4 Å². The van der Waals surface area contributed by atoms with Crippen LogP contribution in [0.5, 0.6) is 0 Å². The summed E-state index contributed by atoms with van der Waals surface area (Å²) in [6.45, 7) is 0. The maximum absolute atomic E-state index is 13.9. The Hall–Kier alpha value is -1.46. The number of rotatable bonds is 3. The van der Waals surface area contributed by atoms with Gasteiger partial charge in [0.15, 0.2) is 17.5 Å². The van der Waals surface area contributed by atoms with E-state index in [0.29, 0.717) is 6.20 Å². The molecule has 0 aromatic carbocycles. The van der Waals surface area contributed by atoms with Gasteiger partial charge in [-0.15, -0.1) is 0 Å². The lowest BCUT2D eigenvalue weighted by Crippen LogP contribution is -2.35. The van der Waals surface area contributed by atoms with Crippen molar-refractivity contribution in [2.24, 2.45) is 0 Å². The van der Waals surface area contributed by atoms with Crippen LogP contribution in [0.4, 0.5) is 19.0 Å². The number of aliphatic hydroxyl groups excluding tert-OH is 1. The van der Waals surface area contributed by atoms with Crippen molar-refractivity contribution in [3.8, 4) is 0 Å². The van der Waals surface area contributed by atoms with Crippen LogP contribution in [0.3, 0.4) is 0 Å². The summed E-state index contributed by atoms with van der Waals surface area (Å²) in [6, 6.07) is 0. The Morgan fingerprint density at radius 1 is 1.55 bits per heavy atom. The molecule has 0 saturated carbocycles. The quantitative estimate of drug-likeness (QED) is 0.530. The summed E-state index contributed by atoms with van der Waals surface area (Å²) in [5.41, 5.74) is 3.68. The standard InChI is InChI=1S/C9H11F3N3O6P/c10-3-2-15(8(17)14-5(3)13)7-9(11,12)1-4(21-7)6(16)22(18,19)20/h2,4,6-7,16H,1H2,(H2,13,14,17)(H2,18,19,20)/t4-,6?,7+/m0/s1. The fourth-order valence-corrected chi connectivity index (χ4v) is 2.58. The van der Waals surface area contributed by atoms with E-state index in [1.807, 2.05) is 0 Å². The summed E-state index contributed by atoms with van der Waals surface area (Å²) in [4.78, 5) is 32.1. The molecule has 2 rings (SSSR count). The molecule has 1 unspecified atom stereocenters. The van der Waals surface area contributed by atoms with Crippen LogP contribution in [0.1, 0.15) is 12.6 Å². The largest absolute Gasteiger partial charge is 0.381 e. The topological polar surface area (TPSA) is 148 Å². The van der Waals surface area contributed by atoms with Gasteiger partial charge in [0.25, 0.3) is 5.92 Å². The molecule has 13 heteroatoms. The fraction of sp³-hybridized carbons (Fsp3) is 0.556. The van der Waals surface area contributed by atoms with E-state index in [1.54, 1.807) is 0 Å². The number of aromatic nitrogens is 2. The highest BCUT2D eigenvalue weighted by Gasteiger charge is 2.56. The average Bonchev–Trinajstić information content (AvgIpc) is 2.67. The maximum Gasteiger partial charge on any atom is 0.356 e. The zero-order chi connectivity index (χ0) is 16.9. The minimum absolute atomic E-state index is 0.109. The Bertz CT molecular complexity index is 692. The van der Waals surface area contributed by atoms with E-state index in [4.69, 9.17) is 15.5 Å². The van der Waals surface area contributed by atoms with Crippen LogP contribution in [-0.4, -0.2) is 42.3 Å². The van der Waals surface area contributed by atoms with Gasteiger partial charge >= 0.3 is 13.3 Å². The normalized spacial score (nSPS) is 26.1. The molecular weight excluding hydrogens is 334 g/mol. The van der Waals surface area contributed by atoms with Crippen molar-refractivity contribution in [2.75, 3.05) is 5.73 Å². The van der Waals surface area contributed by atoms with Crippen molar-refractivity contribution in [3.63, 3.8) is 0 Å². The van der Waals surface area contributed by atoms with Gasteiger partial charge in [0.1, 0.15) is 6.10 Å². The Balaban J connectivity index is 2.39. The van der Waals surface area contributed by atoms with Gasteiger partial charge in [0.05, 0.1) is 6.20 Å². The molecule has 1 aliphatic rings. The number of halogens is 3.